The zero-order valence-corrected chi connectivity index (χ0v) is 11.7. The van der Waals surface area contributed by atoms with E-state index in [2.05, 4.69) is 5.32 Å². The van der Waals surface area contributed by atoms with Crippen LogP contribution in [0.3, 0.4) is 0 Å². The third-order valence-corrected chi connectivity index (χ3v) is 3.91. The van der Waals surface area contributed by atoms with Gasteiger partial charge in [0.05, 0.1) is 5.92 Å². The Hall–Kier alpha value is -0.780. The Labute approximate surface area is 117 Å². The van der Waals surface area contributed by atoms with Gasteiger partial charge in [0.2, 0.25) is 5.91 Å². The molecule has 2 N–H and O–H groups in total. The van der Waals surface area contributed by atoms with Crippen LogP contribution in [0.2, 0.25) is 0 Å². The monoisotopic (exact) mass is 295 g/mol. The van der Waals surface area contributed by atoms with Crippen molar-refractivity contribution in [1.29, 1.82) is 0 Å². The van der Waals surface area contributed by atoms with Crippen molar-refractivity contribution in [2.45, 2.75) is 57.5 Å². The van der Waals surface area contributed by atoms with E-state index >= 15 is 0 Å². The van der Waals surface area contributed by atoms with Gasteiger partial charge in [0.25, 0.3) is 0 Å². The average molecular weight is 295 g/mol. The predicted molar refractivity (Wildman–Crippen MR) is 70.1 cm³/mol. The Bertz CT molecular complexity index is 295. The highest BCUT2D eigenvalue weighted by atomic mass is 19.4. The average Bonchev–Trinajstić information content (AvgIpc) is 2.41. The fourth-order valence-electron chi connectivity index (χ4n) is 2.77. The summed E-state index contributed by atoms with van der Waals surface area (Å²) in [7, 11) is 0. The number of amides is 1. The van der Waals surface area contributed by atoms with Crippen molar-refractivity contribution in [3.05, 3.63) is 0 Å². The third kappa shape index (κ3) is 5.69. The van der Waals surface area contributed by atoms with Gasteiger partial charge >= 0.3 is 6.18 Å². The number of carbonyl (C=O) groups excluding carboxylic acids is 1. The zero-order chi connectivity index (χ0) is 15.0. The fourth-order valence-corrected chi connectivity index (χ4v) is 2.77. The van der Waals surface area contributed by atoms with Crippen molar-refractivity contribution in [1.82, 2.24) is 5.32 Å². The molecule has 0 aromatic rings. The number of halogens is 3. The Morgan fingerprint density at radius 2 is 1.75 bits per heavy atom. The second kappa shape index (κ2) is 8.49. The zero-order valence-electron chi connectivity index (χ0n) is 11.7. The molecule has 118 valence electrons. The van der Waals surface area contributed by atoms with Gasteiger partial charge in [-0.25, -0.2) is 0 Å². The Morgan fingerprint density at radius 1 is 1.10 bits per heavy atom. The summed E-state index contributed by atoms with van der Waals surface area (Å²) in [4.78, 5) is 11.9. The SMILES string of the molecule is O=C(NCCCCCCO)C1CCCCC1C(F)(F)F. The highest BCUT2D eigenvalue weighted by molar-refractivity contribution is 5.79. The summed E-state index contributed by atoms with van der Waals surface area (Å²) in [6.45, 7) is 0.576. The van der Waals surface area contributed by atoms with Crippen molar-refractivity contribution in [2.75, 3.05) is 13.2 Å². The maximum atomic E-state index is 12.9. The molecule has 1 amide bonds. The van der Waals surface area contributed by atoms with E-state index in [1.807, 2.05) is 0 Å². The van der Waals surface area contributed by atoms with E-state index in [0.29, 0.717) is 25.8 Å². The van der Waals surface area contributed by atoms with Crippen LogP contribution in [-0.2, 0) is 4.79 Å². The standard InChI is InChI=1S/C14H24F3NO2/c15-14(16,17)12-8-4-3-7-11(12)13(20)18-9-5-1-2-6-10-19/h11-12,19H,1-10H2,(H,18,20). The minimum Gasteiger partial charge on any atom is -0.396 e. The van der Waals surface area contributed by atoms with Gasteiger partial charge in [0.1, 0.15) is 0 Å². The van der Waals surface area contributed by atoms with Crippen molar-refractivity contribution in [2.24, 2.45) is 11.8 Å². The molecule has 0 saturated heterocycles. The number of nitrogens with one attached hydrogen (secondary N) is 1. The van der Waals surface area contributed by atoms with Crippen LogP contribution < -0.4 is 5.32 Å². The molecule has 0 aromatic heterocycles. The minimum atomic E-state index is -4.27. The van der Waals surface area contributed by atoms with Crippen molar-refractivity contribution in [3.8, 4) is 0 Å². The summed E-state index contributed by atoms with van der Waals surface area (Å²) < 4.78 is 38.6. The number of aliphatic hydroxyl groups is 1. The Morgan fingerprint density at radius 3 is 2.40 bits per heavy atom. The molecule has 6 heteroatoms. The normalized spacial score (nSPS) is 23.6. The number of carbonyl (C=O) groups is 1. The molecule has 1 fully saturated rings. The Balaban J connectivity index is 2.33. The number of hydrogen-bond donors (Lipinski definition) is 2. The Kier molecular flexibility index (Phi) is 7.34. The molecule has 20 heavy (non-hydrogen) atoms. The summed E-state index contributed by atoms with van der Waals surface area (Å²) in [5.41, 5.74) is 0. The lowest BCUT2D eigenvalue weighted by Crippen LogP contribution is -2.42. The van der Waals surface area contributed by atoms with Gasteiger partial charge in [-0.2, -0.15) is 13.2 Å². The lowest BCUT2D eigenvalue weighted by atomic mass is 9.78. The molecule has 1 aliphatic rings. The van der Waals surface area contributed by atoms with Crippen LogP contribution >= 0.6 is 0 Å². The van der Waals surface area contributed by atoms with Gasteiger partial charge in [-0.1, -0.05) is 25.7 Å². The number of alkyl halides is 3. The molecular formula is C14H24F3NO2. The van der Waals surface area contributed by atoms with Crippen molar-refractivity contribution in [3.63, 3.8) is 0 Å². The van der Waals surface area contributed by atoms with Crippen LogP contribution in [0.1, 0.15) is 51.4 Å². The first-order valence-corrected chi connectivity index (χ1v) is 7.42. The number of aliphatic hydroxyl groups excluding tert-OH is 1. The second-order valence-corrected chi connectivity index (χ2v) is 5.47. The van der Waals surface area contributed by atoms with Crippen LogP contribution in [0.15, 0.2) is 0 Å². The maximum absolute atomic E-state index is 12.9. The lowest BCUT2D eigenvalue weighted by Gasteiger charge is -2.32. The molecule has 1 rings (SSSR count). The van der Waals surface area contributed by atoms with Gasteiger partial charge in [0.15, 0.2) is 0 Å². The van der Waals surface area contributed by atoms with Gasteiger partial charge < -0.3 is 10.4 Å². The second-order valence-electron chi connectivity index (χ2n) is 5.47. The van der Waals surface area contributed by atoms with Gasteiger partial charge in [0, 0.05) is 19.1 Å². The first-order chi connectivity index (χ1) is 9.46. The van der Waals surface area contributed by atoms with Gasteiger partial charge in [-0.3, -0.25) is 4.79 Å². The van der Waals surface area contributed by atoms with E-state index in [9.17, 15) is 18.0 Å². The summed E-state index contributed by atoms with van der Waals surface area (Å²) >= 11 is 0. The molecule has 1 aliphatic carbocycles. The first-order valence-electron chi connectivity index (χ1n) is 7.42. The predicted octanol–water partition coefficient (Wildman–Crippen LogP) is 3.02. The first kappa shape index (κ1) is 17.3. The molecule has 0 radical (unpaired) electrons. The molecule has 2 atom stereocenters. The lowest BCUT2D eigenvalue weighted by molar-refractivity contribution is -0.198. The van der Waals surface area contributed by atoms with E-state index in [1.165, 1.54) is 0 Å². The van der Waals surface area contributed by atoms with Crippen LogP contribution in [-0.4, -0.2) is 30.3 Å². The highest BCUT2D eigenvalue weighted by Crippen LogP contribution is 2.41. The smallest absolute Gasteiger partial charge is 0.392 e. The molecule has 2 unspecified atom stereocenters. The van der Waals surface area contributed by atoms with E-state index < -0.39 is 23.9 Å². The molecule has 0 spiro atoms. The number of hydrogen-bond acceptors (Lipinski definition) is 2. The van der Waals surface area contributed by atoms with Crippen LogP contribution in [0.5, 0.6) is 0 Å². The largest absolute Gasteiger partial charge is 0.396 e. The van der Waals surface area contributed by atoms with E-state index in [-0.39, 0.29) is 13.0 Å². The molecule has 0 bridgehead atoms. The van der Waals surface area contributed by atoms with Crippen LogP contribution in [0.25, 0.3) is 0 Å². The van der Waals surface area contributed by atoms with Crippen LogP contribution in [0.4, 0.5) is 13.2 Å². The number of unbranched alkanes of at least 4 members (excludes halogenated alkanes) is 3. The van der Waals surface area contributed by atoms with Crippen molar-refractivity contribution >= 4 is 5.91 Å². The van der Waals surface area contributed by atoms with Gasteiger partial charge in [-0.05, 0) is 25.7 Å². The summed E-state index contributed by atoms with van der Waals surface area (Å²) in [6, 6.07) is 0. The fraction of sp³-hybridized carbons (Fsp3) is 0.929. The molecule has 0 aliphatic heterocycles. The maximum Gasteiger partial charge on any atom is 0.392 e. The van der Waals surface area contributed by atoms with E-state index in [0.717, 1.165) is 25.7 Å². The highest BCUT2D eigenvalue weighted by Gasteiger charge is 2.47. The quantitative estimate of drug-likeness (QED) is 0.709. The molecule has 0 heterocycles. The summed E-state index contributed by atoms with van der Waals surface area (Å²) in [5.74, 6) is -2.85. The third-order valence-electron chi connectivity index (χ3n) is 3.91. The van der Waals surface area contributed by atoms with Gasteiger partial charge in [-0.15, -0.1) is 0 Å². The van der Waals surface area contributed by atoms with Crippen molar-refractivity contribution < 1.29 is 23.1 Å². The molecular weight excluding hydrogens is 271 g/mol. The van der Waals surface area contributed by atoms with Crippen LogP contribution in [0, 0.1) is 11.8 Å². The number of rotatable bonds is 7. The molecule has 0 aromatic carbocycles. The van der Waals surface area contributed by atoms with E-state index in [4.69, 9.17) is 5.11 Å². The summed E-state index contributed by atoms with van der Waals surface area (Å²) in [5, 5.41) is 11.2. The van der Waals surface area contributed by atoms with E-state index in [1.54, 1.807) is 0 Å². The minimum absolute atomic E-state index is 0.0675. The summed E-state index contributed by atoms with van der Waals surface area (Å²) in [6.07, 6.45) is 0.593. The molecule has 1 saturated carbocycles. The topological polar surface area (TPSA) is 49.3 Å². The molecule has 3 nitrogen and oxygen atoms in total.